The minimum atomic E-state index is 0.582. The van der Waals surface area contributed by atoms with E-state index in [4.69, 9.17) is 4.74 Å². The lowest BCUT2D eigenvalue weighted by molar-refractivity contribution is 0.0906. The van der Waals surface area contributed by atoms with Gasteiger partial charge in [0.15, 0.2) is 5.96 Å². The van der Waals surface area contributed by atoms with Gasteiger partial charge in [0, 0.05) is 50.6 Å². The number of hydrogen-bond acceptors (Lipinski definition) is 4. The standard InChI is InChI=1S/C25H36N4OS/c1-26-25(27-15-22-9-5-12-28(16-22)18-24-10-6-14-31-24)29-13-11-23(17-29)20-30-19-21-7-3-2-4-8-21/h2-4,6-8,10,14,22-23H,5,9,11-13,15-20H2,1H3,(H,26,27). The molecular formula is C25H36N4OS. The molecule has 0 saturated carbocycles. The Balaban J connectivity index is 1.17. The monoisotopic (exact) mass is 440 g/mol. The van der Waals surface area contributed by atoms with Crippen molar-refractivity contribution in [2.24, 2.45) is 16.8 Å². The molecule has 2 unspecified atom stereocenters. The summed E-state index contributed by atoms with van der Waals surface area (Å²) in [6.45, 7) is 8.13. The van der Waals surface area contributed by atoms with Crippen LogP contribution in [0.1, 0.15) is 29.7 Å². The maximum absolute atomic E-state index is 5.98. The predicted octanol–water partition coefficient (Wildman–Crippen LogP) is 4.07. The molecule has 4 rings (SSSR count). The topological polar surface area (TPSA) is 40.1 Å². The first-order chi connectivity index (χ1) is 15.3. The molecule has 168 valence electrons. The Bertz CT molecular complexity index is 795. The normalized spacial score (nSPS) is 22.7. The van der Waals surface area contributed by atoms with Crippen LogP contribution in [-0.4, -0.2) is 62.1 Å². The minimum absolute atomic E-state index is 0.582. The van der Waals surface area contributed by atoms with Crippen molar-refractivity contribution < 1.29 is 4.74 Å². The molecule has 31 heavy (non-hydrogen) atoms. The zero-order valence-corrected chi connectivity index (χ0v) is 19.5. The molecule has 0 aliphatic carbocycles. The summed E-state index contributed by atoms with van der Waals surface area (Å²) in [6.07, 6.45) is 3.77. The summed E-state index contributed by atoms with van der Waals surface area (Å²) >= 11 is 1.87. The van der Waals surface area contributed by atoms with Crippen molar-refractivity contribution in [3.05, 3.63) is 58.3 Å². The number of aliphatic imine (C=N–C) groups is 1. The Kier molecular flexibility index (Phi) is 8.38. The number of guanidine groups is 1. The third kappa shape index (κ3) is 6.79. The van der Waals surface area contributed by atoms with Crippen LogP contribution in [0.3, 0.4) is 0 Å². The molecule has 0 bridgehead atoms. The van der Waals surface area contributed by atoms with E-state index in [1.165, 1.54) is 42.8 Å². The number of thiophene rings is 1. The number of nitrogens with one attached hydrogen (secondary N) is 1. The van der Waals surface area contributed by atoms with E-state index in [-0.39, 0.29) is 0 Å². The average molecular weight is 441 g/mol. The molecule has 1 aromatic carbocycles. The second kappa shape index (κ2) is 11.7. The lowest BCUT2D eigenvalue weighted by Gasteiger charge is -2.33. The van der Waals surface area contributed by atoms with Gasteiger partial charge in [0.2, 0.25) is 0 Å². The van der Waals surface area contributed by atoms with Gasteiger partial charge in [0.1, 0.15) is 0 Å². The average Bonchev–Trinajstić information content (AvgIpc) is 3.48. The third-order valence-corrected chi connectivity index (χ3v) is 7.23. The molecule has 2 atom stereocenters. The van der Waals surface area contributed by atoms with Crippen molar-refractivity contribution in [1.82, 2.24) is 15.1 Å². The van der Waals surface area contributed by atoms with E-state index in [1.807, 2.05) is 24.5 Å². The van der Waals surface area contributed by atoms with E-state index in [2.05, 4.69) is 61.9 Å². The van der Waals surface area contributed by atoms with Crippen LogP contribution in [0.2, 0.25) is 0 Å². The first-order valence-electron chi connectivity index (χ1n) is 11.6. The molecule has 0 amide bonds. The summed E-state index contributed by atoms with van der Waals surface area (Å²) in [4.78, 5) is 11.1. The summed E-state index contributed by atoms with van der Waals surface area (Å²) in [7, 11) is 1.91. The van der Waals surface area contributed by atoms with Gasteiger partial charge in [-0.3, -0.25) is 9.89 Å². The molecule has 0 spiro atoms. The van der Waals surface area contributed by atoms with Gasteiger partial charge in [-0.15, -0.1) is 11.3 Å². The molecule has 3 heterocycles. The second-order valence-electron chi connectivity index (χ2n) is 8.85. The van der Waals surface area contributed by atoms with E-state index >= 15 is 0 Å². The molecule has 0 radical (unpaired) electrons. The Morgan fingerprint density at radius 1 is 1.10 bits per heavy atom. The molecule has 2 saturated heterocycles. The lowest BCUT2D eigenvalue weighted by atomic mass is 9.98. The Morgan fingerprint density at radius 3 is 2.81 bits per heavy atom. The van der Waals surface area contributed by atoms with Crippen molar-refractivity contribution in [3.8, 4) is 0 Å². The summed E-state index contributed by atoms with van der Waals surface area (Å²) in [6, 6.07) is 14.8. The van der Waals surface area contributed by atoms with E-state index < -0.39 is 0 Å². The molecular weight excluding hydrogens is 404 g/mol. The van der Waals surface area contributed by atoms with Gasteiger partial charge in [-0.05, 0) is 48.7 Å². The van der Waals surface area contributed by atoms with Gasteiger partial charge in [-0.25, -0.2) is 0 Å². The van der Waals surface area contributed by atoms with Crippen LogP contribution < -0.4 is 5.32 Å². The van der Waals surface area contributed by atoms with Crippen LogP contribution in [0.15, 0.2) is 52.8 Å². The second-order valence-corrected chi connectivity index (χ2v) is 9.88. The number of likely N-dealkylation sites (tertiary alicyclic amines) is 2. The van der Waals surface area contributed by atoms with Crippen LogP contribution in [-0.2, 0) is 17.9 Å². The first kappa shape index (κ1) is 22.3. The number of nitrogens with zero attached hydrogens (tertiary/aromatic N) is 3. The van der Waals surface area contributed by atoms with Gasteiger partial charge in [0.25, 0.3) is 0 Å². The summed E-state index contributed by atoms with van der Waals surface area (Å²) < 4.78 is 5.98. The number of benzene rings is 1. The summed E-state index contributed by atoms with van der Waals surface area (Å²) in [5, 5.41) is 5.85. The van der Waals surface area contributed by atoms with Crippen LogP contribution in [0.25, 0.3) is 0 Å². The molecule has 2 aromatic rings. The smallest absolute Gasteiger partial charge is 0.193 e. The quantitative estimate of drug-likeness (QED) is 0.496. The highest BCUT2D eigenvalue weighted by atomic mass is 32.1. The van der Waals surface area contributed by atoms with Crippen LogP contribution in [0.5, 0.6) is 0 Å². The largest absolute Gasteiger partial charge is 0.376 e. The molecule has 1 N–H and O–H groups in total. The maximum Gasteiger partial charge on any atom is 0.193 e. The number of ether oxygens (including phenoxy) is 1. The molecule has 1 aromatic heterocycles. The molecule has 2 aliphatic rings. The molecule has 5 nitrogen and oxygen atoms in total. The number of hydrogen-bond donors (Lipinski definition) is 1. The molecule has 6 heteroatoms. The van der Waals surface area contributed by atoms with Gasteiger partial charge < -0.3 is 15.0 Å². The van der Waals surface area contributed by atoms with Crippen LogP contribution in [0, 0.1) is 11.8 Å². The summed E-state index contributed by atoms with van der Waals surface area (Å²) in [5.41, 5.74) is 1.25. The van der Waals surface area contributed by atoms with Gasteiger partial charge in [0.05, 0.1) is 13.2 Å². The fourth-order valence-corrected chi connectivity index (χ4v) is 5.48. The molecule has 2 fully saturated rings. The van der Waals surface area contributed by atoms with E-state index in [0.717, 1.165) is 38.7 Å². The Hall–Kier alpha value is -1.89. The fraction of sp³-hybridized carbons (Fsp3) is 0.560. The van der Waals surface area contributed by atoms with E-state index in [9.17, 15) is 0 Å². The van der Waals surface area contributed by atoms with Crippen LogP contribution in [0.4, 0.5) is 0 Å². The highest BCUT2D eigenvalue weighted by molar-refractivity contribution is 7.09. The predicted molar refractivity (Wildman–Crippen MR) is 129 cm³/mol. The van der Waals surface area contributed by atoms with Crippen molar-refractivity contribution in [3.63, 3.8) is 0 Å². The van der Waals surface area contributed by atoms with Crippen molar-refractivity contribution in [2.45, 2.75) is 32.4 Å². The number of piperidine rings is 1. The van der Waals surface area contributed by atoms with Crippen molar-refractivity contribution >= 4 is 17.3 Å². The number of rotatable bonds is 8. The maximum atomic E-state index is 5.98. The highest BCUT2D eigenvalue weighted by Gasteiger charge is 2.26. The molecule has 2 aliphatic heterocycles. The van der Waals surface area contributed by atoms with Gasteiger partial charge in [-0.1, -0.05) is 36.4 Å². The zero-order valence-electron chi connectivity index (χ0n) is 18.7. The minimum Gasteiger partial charge on any atom is -0.376 e. The third-order valence-electron chi connectivity index (χ3n) is 6.37. The van der Waals surface area contributed by atoms with E-state index in [1.54, 1.807) is 0 Å². The first-order valence-corrected chi connectivity index (χ1v) is 12.5. The fourth-order valence-electron chi connectivity index (χ4n) is 4.73. The van der Waals surface area contributed by atoms with Crippen molar-refractivity contribution in [1.29, 1.82) is 0 Å². The summed E-state index contributed by atoms with van der Waals surface area (Å²) in [5.74, 6) is 2.33. The Morgan fingerprint density at radius 2 is 2.00 bits per heavy atom. The van der Waals surface area contributed by atoms with Gasteiger partial charge >= 0.3 is 0 Å². The zero-order chi connectivity index (χ0) is 21.3. The van der Waals surface area contributed by atoms with E-state index in [0.29, 0.717) is 18.4 Å². The SMILES string of the molecule is CN=C(NCC1CCCN(Cc2cccs2)C1)N1CCC(COCc2ccccc2)C1. The highest BCUT2D eigenvalue weighted by Crippen LogP contribution is 2.21. The van der Waals surface area contributed by atoms with Gasteiger partial charge in [-0.2, -0.15) is 0 Å². The van der Waals surface area contributed by atoms with Crippen LogP contribution >= 0.6 is 11.3 Å². The Labute approximate surface area is 191 Å². The lowest BCUT2D eigenvalue weighted by Crippen LogP contribution is -2.45. The van der Waals surface area contributed by atoms with Crippen molar-refractivity contribution in [2.75, 3.05) is 46.4 Å².